The molecule has 3 nitrogen and oxygen atoms in total. The quantitative estimate of drug-likeness (QED) is 0.909. The number of hydrogen-bond acceptors (Lipinski definition) is 3. The first-order valence-electron chi connectivity index (χ1n) is 6.89. The third-order valence-electron chi connectivity index (χ3n) is 3.83. The summed E-state index contributed by atoms with van der Waals surface area (Å²) in [5, 5.41) is 9.60. The molecule has 1 heterocycles. The van der Waals surface area contributed by atoms with Gasteiger partial charge in [0.1, 0.15) is 17.6 Å². The fraction of sp³-hybridized carbons (Fsp3) is 0.294. The fourth-order valence-electron chi connectivity index (χ4n) is 2.72. The van der Waals surface area contributed by atoms with Crippen molar-refractivity contribution in [1.82, 2.24) is 0 Å². The van der Waals surface area contributed by atoms with Crippen molar-refractivity contribution in [3.8, 4) is 11.5 Å². The number of phenolic OH excluding ortho intramolecular Hbond substituents is 1. The second-order valence-corrected chi connectivity index (χ2v) is 5.40. The van der Waals surface area contributed by atoms with Crippen molar-refractivity contribution >= 4 is 5.69 Å². The highest BCUT2D eigenvalue weighted by molar-refractivity contribution is 5.62. The summed E-state index contributed by atoms with van der Waals surface area (Å²) in [6.07, 6.45) is 0.988. The SMILES string of the molecule is Cc1ccccc1CC1CN(C)c2ccc(O)cc2O1. The van der Waals surface area contributed by atoms with Gasteiger partial charge in [-0.15, -0.1) is 0 Å². The number of hydrogen-bond donors (Lipinski definition) is 1. The molecular weight excluding hydrogens is 250 g/mol. The van der Waals surface area contributed by atoms with Gasteiger partial charge in [0.05, 0.1) is 12.2 Å². The lowest BCUT2D eigenvalue weighted by atomic mass is 10.0. The number of rotatable bonds is 2. The maximum Gasteiger partial charge on any atom is 0.146 e. The average molecular weight is 269 g/mol. The van der Waals surface area contributed by atoms with E-state index in [2.05, 4.69) is 43.1 Å². The van der Waals surface area contributed by atoms with Crippen LogP contribution in [0.1, 0.15) is 11.1 Å². The van der Waals surface area contributed by atoms with Crippen molar-refractivity contribution in [3.63, 3.8) is 0 Å². The van der Waals surface area contributed by atoms with Crippen LogP contribution in [0.15, 0.2) is 42.5 Å². The van der Waals surface area contributed by atoms with Crippen molar-refractivity contribution in [1.29, 1.82) is 0 Å². The highest BCUT2D eigenvalue weighted by atomic mass is 16.5. The topological polar surface area (TPSA) is 32.7 Å². The number of benzene rings is 2. The molecule has 1 N–H and O–H groups in total. The molecule has 2 aromatic carbocycles. The largest absolute Gasteiger partial charge is 0.508 e. The summed E-state index contributed by atoms with van der Waals surface area (Å²) in [5.74, 6) is 1.01. The molecule has 0 amide bonds. The second kappa shape index (κ2) is 5.08. The predicted octanol–water partition coefficient (Wildman–Crippen LogP) is 3.14. The number of ether oxygens (including phenoxy) is 1. The van der Waals surface area contributed by atoms with Crippen molar-refractivity contribution < 1.29 is 9.84 Å². The first kappa shape index (κ1) is 12.9. The van der Waals surface area contributed by atoms with Gasteiger partial charge in [-0.2, -0.15) is 0 Å². The molecule has 0 spiro atoms. The summed E-state index contributed by atoms with van der Waals surface area (Å²) in [6.45, 7) is 2.98. The van der Waals surface area contributed by atoms with Gasteiger partial charge in [-0.05, 0) is 30.2 Å². The number of likely N-dealkylation sites (N-methyl/N-ethyl adjacent to an activating group) is 1. The van der Waals surface area contributed by atoms with Gasteiger partial charge in [0.2, 0.25) is 0 Å². The van der Waals surface area contributed by atoms with Crippen LogP contribution in [-0.4, -0.2) is 24.8 Å². The summed E-state index contributed by atoms with van der Waals surface area (Å²) in [4.78, 5) is 2.18. The normalized spacial score (nSPS) is 17.5. The number of aryl methyl sites for hydroxylation is 1. The molecule has 0 saturated carbocycles. The van der Waals surface area contributed by atoms with E-state index in [-0.39, 0.29) is 11.9 Å². The van der Waals surface area contributed by atoms with Gasteiger partial charge in [-0.25, -0.2) is 0 Å². The molecule has 0 fully saturated rings. The van der Waals surface area contributed by atoms with E-state index >= 15 is 0 Å². The summed E-state index contributed by atoms with van der Waals surface area (Å²) < 4.78 is 6.04. The van der Waals surface area contributed by atoms with E-state index in [1.165, 1.54) is 11.1 Å². The molecule has 0 saturated heterocycles. The maximum atomic E-state index is 9.60. The Bertz CT molecular complexity index is 624. The van der Waals surface area contributed by atoms with Crippen LogP contribution < -0.4 is 9.64 Å². The van der Waals surface area contributed by atoms with Crippen LogP contribution in [-0.2, 0) is 6.42 Å². The molecule has 0 radical (unpaired) electrons. The summed E-state index contributed by atoms with van der Waals surface area (Å²) in [7, 11) is 2.06. The minimum atomic E-state index is 0.107. The minimum Gasteiger partial charge on any atom is -0.508 e. The van der Waals surface area contributed by atoms with Crippen LogP contribution in [0.4, 0.5) is 5.69 Å². The van der Waals surface area contributed by atoms with Crippen LogP contribution in [0.5, 0.6) is 11.5 Å². The smallest absolute Gasteiger partial charge is 0.146 e. The predicted molar refractivity (Wildman–Crippen MR) is 80.7 cm³/mol. The van der Waals surface area contributed by atoms with E-state index in [0.29, 0.717) is 0 Å². The van der Waals surface area contributed by atoms with Crippen molar-refractivity contribution in [3.05, 3.63) is 53.6 Å². The molecular formula is C17H19NO2. The Kier molecular flexibility index (Phi) is 3.26. The van der Waals surface area contributed by atoms with Crippen molar-refractivity contribution in [2.24, 2.45) is 0 Å². The first-order chi connectivity index (χ1) is 9.63. The number of fused-ring (bicyclic) bond motifs is 1. The van der Waals surface area contributed by atoms with Gasteiger partial charge in [-0.3, -0.25) is 0 Å². The lowest BCUT2D eigenvalue weighted by Crippen LogP contribution is -2.39. The standard InChI is InChI=1S/C17H19NO2/c1-12-5-3-4-6-13(12)9-15-11-18(2)16-8-7-14(19)10-17(16)20-15/h3-8,10,15,19H,9,11H2,1-2H3. The Labute approximate surface area is 119 Å². The van der Waals surface area contributed by atoms with Gasteiger partial charge in [-0.1, -0.05) is 24.3 Å². The Morgan fingerprint density at radius 2 is 2.05 bits per heavy atom. The van der Waals surface area contributed by atoms with E-state index in [1.807, 2.05) is 6.07 Å². The van der Waals surface area contributed by atoms with E-state index in [0.717, 1.165) is 24.4 Å². The average Bonchev–Trinajstić information content (AvgIpc) is 2.41. The molecule has 0 bridgehead atoms. The molecule has 20 heavy (non-hydrogen) atoms. The molecule has 0 aliphatic carbocycles. The Morgan fingerprint density at radius 1 is 1.25 bits per heavy atom. The van der Waals surface area contributed by atoms with Crippen LogP contribution in [0, 0.1) is 6.92 Å². The molecule has 0 aromatic heterocycles. The molecule has 2 aromatic rings. The summed E-state index contributed by atoms with van der Waals surface area (Å²) >= 11 is 0. The highest BCUT2D eigenvalue weighted by Gasteiger charge is 2.24. The first-order valence-corrected chi connectivity index (χ1v) is 6.89. The summed E-state index contributed by atoms with van der Waals surface area (Å²) in [6, 6.07) is 13.7. The molecule has 1 unspecified atom stereocenters. The van der Waals surface area contributed by atoms with Gasteiger partial charge >= 0.3 is 0 Å². The molecule has 1 atom stereocenters. The lowest BCUT2D eigenvalue weighted by molar-refractivity contribution is 0.195. The number of anilines is 1. The third-order valence-corrected chi connectivity index (χ3v) is 3.83. The van der Waals surface area contributed by atoms with Crippen molar-refractivity contribution in [2.45, 2.75) is 19.4 Å². The second-order valence-electron chi connectivity index (χ2n) is 5.40. The molecule has 3 heteroatoms. The van der Waals surface area contributed by atoms with E-state index in [9.17, 15) is 5.11 Å². The van der Waals surface area contributed by atoms with E-state index in [4.69, 9.17) is 4.74 Å². The Balaban J connectivity index is 1.83. The van der Waals surface area contributed by atoms with Crippen LogP contribution in [0.3, 0.4) is 0 Å². The monoisotopic (exact) mass is 269 g/mol. The third kappa shape index (κ3) is 2.44. The van der Waals surface area contributed by atoms with Gasteiger partial charge in [0.15, 0.2) is 0 Å². The van der Waals surface area contributed by atoms with E-state index in [1.54, 1.807) is 12.1 Å². The number of phenols is 1. The zero-order valence-electron chi connectivity index (χ0n) is 11.8. The van der Waals surface area contributed by atoms with Crippen LogP contribution in [0.2, 0.25) is 0 Å². The van der Waals surface area contributed by atoms with Gasteiger partial charge < -0.3 is 14.7 Å². The highest BCUT2D eigenvalue weighted by Crippen LogP contribution is 2.35. The molecule has 104 valence electrons. The zero-order chi connectivity index (χ0) is 14.1. The van der Waals surface area contributed by atoms with Crippen LogP contribution in [0.25, 0.3) is 0 Å². The molecule has 1 aliphatic heterocycles. The number of aromatic hydroxyl groups is 1. The fourth-order valence-corrected chi connectivity index (χ4v) is 2.72. The Hall–Kier alpha value is -2.16. The van der Waals surface area contributed by atoms with Crippen molar-refractivity contribution in [2.75, 3.05) is 18.5 Å². The molecule has 1 aliphatic rings. The lowest BCUT2D eigenvalue weighted by Gasteiger charge is -2.34. The van der Waals surface area contributed by atoms with Gasteiger partial charge in [0, 0.05) is 19.5 Å². The molecule has 3 rings (SSSR count). The zero-order valence-corrected chi connectivity index (χ0v) is 11.8. The van der Waals surface area contributed by atoms with Crippen LogP contribution >= 0.6 is 0 Å². The maximum absolute atomic E-state index is 9.60. The Morgan fingerprint density at radius 3 is 2.85 bits per heavy atom. The summed E-state index contributed by atoms with van der Waals surface area (Å²) in [5.41, 5.74) is 3.64. The number of nitrogens with zero attached hydrogens (tertiary/aromatic N) is 1. The minimum absolute atomic E-state index is 0.107. The van der Waals surface area contributed by atoms with E-state index < -0.39 is 0 Å². The van der Waals surface area contributed by atoms with Gasteiger partial charge in [0.25, 0.3) is 0 Å².